The summed E-state index contributed by atoms with van der Waals surface area (Å²) in [6, 6.07) is 0. The Morgan fingerprint density at radius 1 is 1.12 bits per heavy atom. The van der Waals surface area contributed by atoms with E-state index in [2.05, 4.69) is 13.8 Å². The Kier molecular flexibility index (Phi) is 5.40. The third-order valence-corrected chi connectivity index (χ3v) is 9.50. The SMILES string of the molecule is CC(=O)OC[C@@]12[C@@H](OC(C)=O)C[C@@H](C)[C@](C)([C@@H]3C[C@H]4C[C@H](O)O[C@H]4O3)[C@H]1CCC[C@]21CO1. The molecule has 2 saturated carbocycles. The molecule has 8 heteroatoms. The molecule has 0 aromatic heterocycles. The number of carbonyl (C=O) groups is 2. The van der Waals surface area contributed by atoms with Crippen molar-refractivity contribution in [1.29, 1.82) is 0 Å². The Labute approximate surface area is 189 Å². The molecule has 3 heterocycles. The highest BCUT2D eigenvalue weighted by molar-refractivity contribution is 5.67. The fourth-order valence-corrected chi connectivity index (χ4v) is 7.79. The number of aliphatic hydroxyl groups is 1. The van der Waals surface area contributed by atoms with Gasteiger partial charge in [0.15, 0.2) is 12.6 Å². The summed E-state index contributed by atoms with van der Waals surface area (Å²) in [6.07, 6.45) is 3.35. The summed E-state index contributed by atoms with van der Waals surface area (Å²) in [5, 5.41) is 9.88. The lowest BCUT2D eigenvalue weighted by Gasteiger charge is -2.64. The van der Waals surface area contributed by atoms with Crippen LogP contribution in [0, 0.1) is 28.6 Å². The van der Waals surface area contributed by atoms with E-state index in [1.54, 1.807) is 0 Å². The molecule has 5 rings (SSSR count). The first-order valence-electron chi connectivity index (χ1n) is 12.1. The van der Waals surface area contributed by atoms with E-state index in [4.69, 9.17) is 23.7 Å². The van der Waals surface area contributed by atoms with Gasteiger partial charge >= 0.3 is 11.9 Å². The number of hydrogen-bond acceptors (Lipinski definition) is 8. The Bertz CT molecular complexity index is 766. The molecule has 0 bridgehead atoms. The number of rotatable bonds is 4. The van der Waals surface area contributed by atoms with Crippen LogP contribution in [-0.4, -0.2) is 60.6 Å². The molecule has 3 saturated heterocycles. The van der Waals surface area contributed by atoms with Crippen LogP contribution in [0.15, 0.2) is 0 Å². The average Bonchev–Trinajstić information content (AvgIpc) is 3.24. The van der Waals surface area contributed by atoms with Gasteiger partial charge in [-0.15, -0.1) is 0 Å². The van der Waals surface area contributed by atoms with Crippen molar-refractivity contribution in [2.45, 2.75) is 96.6 Å². The van der Waals surface area contributed by atoms with Gasteiger partial charge in [0, 0.05) is 31.6 Å². The second-order valence-corrected chi connectivity index (χ2v) is 11.0. The summed E-state index contributed by atoms with van der Waals surface area (Å²) in [5.74, 6) is -0.169. The first-order valence-corrected chi connectivity index (χ1v) is 12.1. The first kappa shape index (κ1) is 22.6. The molecule has 0 aromatic carbocycles. The Morgan fingerprint density at radius 2 is 1.88 bits per heavy atom. The minimum atomic E-state index is -0.753. The Morgan fingerprint density at radius 3 is 2.50 bits per heavy atom. The number of epoxide rings is 1. The topological polar surface area (TPSA) is 104 Å². The summed E-state index contributed by atoms with van der Waals surface area (Å²) >= 11 is 0. The van der Waals surface area contributed by atoms with Crippen molar-refractivity contribution in [1.82, 2.24) is 0 Å². The van der Waals surface area contributed by atoms with Gasteiger partial charge in [0.05, 0.1) is 18.1 Å². The number of ether oxygens (including phenoxy) is 5. The highest BCUT2D eigenvalue weighted by atomic mass is 16.7. The molecule has 180 valence electrons. The van der Waals surface area contributed by atoms with Crippen LogP contribution in [0.2, 0.25) is 0 Å². The monoisotopic (exact) mass is 452 g/mol. The lowest BCUT2D eigenvalue weighted by atomic mass is 9.42. The van der Waals surface area contributed by atoms with E-state index in [9.17, 15) is 14.7 Å². The van der Waals surface area contributed by atoms with E-state index >= 15 is 0 Å². The maximum Gasteiger partial charge on any atom is 0.302 e. The number of fused-ring (bicyclic) bond motifs is 3. The second kappa shape index (κ2) is 7.65. The zero-order chi connectivity index (χ0) is 22.9. The quantitative estimate of drug-likeness (QED) is 0.513. The summed E-state index contributed by atoms with van der Waals surface area (Å²) in [4.78, 5) is 24.1. The predicted octanol–water partition coefficient (Wildman–Crippen LogP) is 2.55. The van der Waals surface area contributed by atoms with Crippen molar-refractivity contribution in [2.75, 3.05) is 13.2 Å². The van der Waals surface area contributed by atoms with E-state index in [0.717, 1.165) is 25.7 Å². The molecule has 10 atom stereocenters. The molecule has 0 unspecified atom stereocenters. The zero-order valence-electron chi connectivity index (χ0n) is 19.5. The summed E-state index contributed by atoms with van der Waals surface area (Å²) in [6.45, 7) is 8.15. The van der Waals surface area contributed by atoms with Crippen molar-refractivity contribution < 1.29 is 38.4 Å². The molecule has 2 aliphatic carbocycles. The molecular weight excluding hydrogens is 416 g/mol. The smallest absolute Gasteiger partial charge is 0.302 e. The number of hydrogen-bond donors (Lipinski definition) is 1. The molecule has 8 nitrogen and oxygen atoms in total. The molecule has 0 aromatic rings. The molecule has 3 aliphatic heterocycles. The molecule has 0 amide bonds. The predicted molar refractivity (Wildman–Crippen MR) is 111 cm³/mol. The Hall–Kier alpha value is -1.22. The van der Waals surface area contributed by atoms with Crippen LogP contribution >= 0.6 is 0 Å². The summed E-state index contributed by atoms with van der Waals surface area (Å²) in [5.41, 5.74) is -1.28. The van der Waals surface area contributed by atoms with Crippen LogP contribution in [0.3, 0.4) is 0 Å². The maximum atomic E-state index is 12.1. The summed E-state index contributed by atoms with van der Waals surface area (Å²) in [7, 11) is 0. The van der Waals surface area contributed by atoms with Crippen LogP contribution in [-0.2, 0) is 33.3 Å². The van der Waals surface area contributed by atoms with Gasteiger partial charge in [-0.2, -0.15) is 0 Å². The van der Waals surface area contributed by atoms with Crippen LogP contribution in [0.1, 0.15) is 66.2 Å². The summed E-state index contributed by atoms with van der Waals surface area (Å²) < 4.78 is 29.9. The zero-order valence-corrected chi connectivity index (χ0v) is 19.5. The molecule has 0 radical (unpaired) electrons. The molecule has 32 heavy (non-hydrogen) atoms. The third kappa shape index (κ3) is 3.16. The van der Waals surface area contributed by atoms with Crippen molar-refractivity contribution >= 4 is 11.9 Å². The van der Waals surface area contributed by atoms with Crippen LogP contribution in [0.4, 0.5) is 0 Å². The third-order valence-electron chi connectivity index (χ3n) is 9.50. The number of carbonyl (C=O) groups excluding carboxylic acids is 2. The lowest BCUT2D eigenvalue weighted by molar-refractivity contribution is -0.263. The van der Waals surface area contributed by atoms with Gasteiger partial charge in [-0.05, 0) is 37.5 Å². The first-order chi connectivity index (χ1) is 15.1. The second-order valence-electron chi connectivity index (χ2n) is 11.0. The van der Waals surface area contributed by atoms with E-state index in [-0.39, 0.29) is 60.2 Å². The molecule has 5 fully saturated rings. The average molecular weight is 453 g/mol. The molecular formula is C24H36O8. The van der Waals surface area contributed by atoms with Gasteiger partial charge < -0.3 is 28.8 Å². The largest absolute Gasteiger partial charge is 0.465 e. The van der Waals surface area contributed by atoms with Crippen LogP contribution in [0.5, 0.6) is 0 Å². The van der Waals surface area contributed by atoms with Gasteiger partial charge in [-0.25, -0.2) is 0 Å². The Balaban J connectivity index is 1.55. The normalized spacial score (nSPS) is 51.7. The number of aliphatic hydroxyl groups excluding tert-OH is 1. The van der Waals surface area contributed by atoms with E-state index in [0.29, 0.717) is 19.4 Å². The molecule has 1 spiro atoms. The van der Waals surface area contributed by atoms with E-state index in [1.165, 1.54) is 13.8 Å². The lowest BCUT2D eigenvalue weighted by Crippen LogP contribution is -2.69. The van der Waals surface area contributed by atoms with Gasteiger partial charge in [0.25, 0.3) is 0 Å². The van der Waals surface area contributed by atoms with Crippen LogP contribution in [0.25, 0.3) is 0 Å². The van der Waals surface area contributed by atoms with E-state index in [1.807, 2.05) is 0 Å². The minimum absolute atomic E-state index is 0.0473. The van der Waals surface area contributed by atoms with Gasteiger partial charge in [-0.1, -0.05) is 20.3 Å². The van der Waals surface area contributed by atoms with Crippen molar-refractivity contribution in [3.63, 3.8) is 0 Å². The van der Waals surface area contributed by atoms with Gasteiger partial charge in [-0.3, -0.25) is 9.59 Å². The minimum Gasteiger partial charge on any atom is -0.465 e. The maximum absolute atomic E-state index is 12.1. The molecule has 1 N–H and O–H groups in total. The van der Waals surface area contributed by atoms with E-state index < -0.39 is 17.3 Å². The van der Waals surface area contributed by atoms with Gasteiger partial charge in [0.1, 0.15) is 18.3 Å². The fraction of sp³-hybridized carbons (Fsp3) is 0.917. The number of esters is 2. The van der Waals surface area contributed by atoms with Crippen molar-refractivity contribution in [2.24, 2.45) is 28.6 Å². The van der Waals surface area contributed by atoms with Crippen molar-refractivity contribution in [3.8, 4) is 0 Å². The van der Waals surface area contributed by atoms with Crippen molar-refractivity contribution in [3.05, 3.63) is 0 Å². The van der Waals surface area contributed by atoms with Gasteiger partial charge in [0.2, 0.25) is 0 Å². The standard InChI is InChI=1S/C24H36O8/c1-13-8-19(30-15(3)26)24(12-28-14(2)25)17(6-5-7-23(24)11-29-23)22(13,4)18-9-16-10-20(27)32-21(16)31-18/h13,16-21,27H,5-12H2,1-4H3/t13-,16+,17-,18+,19+,20-,21-,22+,23+,24+/m1/s1. The fourth-order valence-electron chi connectivity index (χ4n) is 7.79. The highest BCUT2D eigenvalue weighted by Crippen LogP contribution is 2.70. The van der Waals surface area contributed by atoms with Crippen LogP contribution < -0.4 is 0 Å². The molecule has 5 aliphatic rings. The highest BCUT2D eigenvalue weighted by Gasteiger charge is 2.76.